The van der Waals surface area contributed by atoms with Crippen LogP contribution in [0.2, 0.25) is 0 Å². The summed E-state index contributed by atoms with van der Waals surface area (Å²) in [5.74, 6) is -1.44. The van der Waals surface area contributed by atoms with E-state index in [0.717, 1.165) is 51.3 Å². The van der Waals surface area contributed by atoms with Crippen molar-refractivity contribution in [3.05, 3.63) is 59.5 Å². The molecule has 0 saturated carbocycles. The maximum Gasteiger partial charge on any atom is 0.490 e. The van der Waals surface area contributed by atoms with Crippen molar-refractivity contribution < 1.29 is 32.3 Å². The Kier molecular flexibility index (Phi) is 6.74. The van der Waals surface area contributed by atoms with E-state index in [1.54, 1.807) is 6.26 Å². The molecule has 1 spiro atoms. The fourth-order valence-corrected chi connectivity index (χ4v) is 4.17. The Morgan fingerprint density at radius 2 is 1.87 bits per heavy atom. The lowest BCUT2D eigenvalue weighted by atomic mass is 9.85. The topological polar surface area (TPSA) is 74.0 Å². The molecule has 2 saturated heterocycles. The number of carboxylic acid groups (broad SMARTS) is 1. The minimum Gasteiger partial charge on any atom is -0.475 e. The van der Waals surface area contributed by atoms with Crippen LogP contribution in [-0.4, -0.2) is 52.6 Å². The molecule has 1 atom stereocenters. The number of benzene rings is 1. The fourth-order valence-electron chi connectivity index (χ4n) is 4.17. The molecule has 1 amide bonds. The van der Waals surface area contributed by atoms with E-state index in [0.29, 0.717) is 5.91 Å². The van der Waals surface area contributed by atoms with Crippen molar-refractivity contribution in [2.75, 3.05) is 19.6 Å². The lowest BCUT2D eigenvalue weighted by Crippen LogP contribution is -2.36. The summed E-state index contributed by atoms with van der Waals surface area (Å²) in [5.41, 5.74) is 2.31. The predicted molar refractivity (Wildman–Crippen MR) is 106 cm³/mol. The first-order valence-corrected chi connectivity index (χ1v) is 9.99. The molecule has 168 valence electrons. The van der Waals surface area contributed by atoms with Crippen LogP contribution in [0, 0.1) is 12.3 Å². The minimum absolute atomic E-state index is 0.170. The second-order valence-electron chi connectivity index (χ2n) is 8.09. The van der Waals surface area contributed by atoms with Crippen molar-refractivity contribution >= 4 is 11.9 Å². The summed E-state index contributed by atoms with van der Waals surface area (Å²) in [5, 5.41) is 7.12. The standard InChI is InChI=1S/C20H24N2O2.C2HF3O2/c1-16-4-2-5-17(12-16)13-22-10-8-20(19(22)23)7-9-21(15-20)14-18-6-3-11-24-18;3-2(4,5)1(6)7/h2-6,11-12H,7-10,13-15H2,1H3;(H,6,7). The zero-order valence-corrected chi connectivity index (χ0v) is 17.2. The normalized spacial score (nSPS) is 21.4. The van der Waals surface area contributed by atoms with Crippen LogP contribution in [0.1, 0.15) is 29.7 Å². The SMILES string of the molecule is Cc1cccc(CN2CCC3(CCN(Cc4ccco4)C3)C2=O)c1.O=C(O)C(F)(F)F. The van der Waals surface area contributed by atoms with Crippen LogP contribution >= 0.6 is 0 Å². The highest BCUT2D eigenvalue weighted by Crippen LogP contribution is 2.41. The molecule has 4 rings (SSSR count). The molecule has 1 N–H and O–H groups in total. The summed E-state index contributed by atoms with van der Waals surface area (Å²) < 4.78 is 37.2. The third-order valence-electron chi connectivity index (χ3n) is 5.69. The van der Waals surface area contributed by atoms with Crippen LogP contribution in [0.15, 0.2) is 47.1 Å². The second-order valence-corrected chi connectivity index (χ2v) is 8.09. The number of aryl methyl sites for hydroxylation is 1. The number of aliphatic carboxylic acids is 1. The average molecular weight is 438 g/mol. The maximum atomic E-state index is 13.0. The van der Waals surface area contributed by atoms with Crippen LogP contribution in [0.25, 0.3) is 0 Å². The van der Waals surface area contributed by atoms with E-state index in [-0.39, 0.29) is 5.41 Å². The number of furan rings is 1. The molecule has 0 bridgehead atoms. The number of hydrogen-bond donors (Lipinski definition) is 1. The van der Waals surface area contributed by atoms with Crippen molar-refractivity contribution in [1.82, 2.24) is 9.80 Å². The number of carbonyl (C=O) groups is 2. The molecule has 6 nitrogen and oxygen atoms in total. The maximum absolute atomic E-state index is 13.0. The monoisotopic (exact) mass is 438 g/mol. The van der Waals surface area contributed by atoms with Gasteiger partial charge in [0, 0.05) is 19.6 Å². The number of alkyl halides is 3. The molecule has 3 heterocycles. The highest BCUT2D eigenvalue weighted by Gasteiger charge is 2.50. The molecule has 2 aliphatic rings. The van der Waals surface area contributed by atoms with Gasteiger partial charge in [-0.25, -0.2) is 4.79 Å². The molecule has 2 aliphatic heterocycles. The Morgan fingerprint density at radius 3 is 2.48 bits per heavy atom. The number of rotatable bonds is 4. The molecule has 0 aliphatic carbocycles. The van der Waals surface area contributed by atoms with Gasteiger partial charge in [-0.15, -0.1) is 0 Å². The van der Waals surface area contributed by atoms with Crippen LogP contribution in [0.4, 0.5) is 13.2 Å². The van der Waals surface area contributed by atoms with Crippen molar-refractivity contribution in [2.24, 2.45) is 5.41 Å². The number of carboxylic acids is 1. The third-order valence-corrected chi connectivity index (χ3v) is 5.69. The van der Waals surface area contributed by atoms with Gasteiger partial charge >= 0.3 is 12.1 Å². The van der Waals surface area contributed by atoms with Crippen molar-refractivity contribution in [2.45, 2.75) is 39.0 Å². The predicted octanol–water partition coefficient (Wildman–Crippen LogP) is 3.85. The van der Waals surface area contributed by atoms with Gasteiger partial charge in [-0.2, -0.15) is 13.2 Å². The Balaban J connectivity index is 0.000000339. The number of amides is 1. The van der Waals surface area contributed by atoms with E-state index >= 15 is 0 Å². The Bertz CT molecular complexity index is 914. The van der Waals surface area contributed by atoms with Gasteiger partial charge in [-0.1, -0.05) is 29.8 Å². The van der Waals surface area contributed by atoms with E-state index < -0.39 is 12.1 Å². The van der Waals surface area contributed by atoms with Gasteiger partial charge in [0.05, 0.1) is 18.2 Å². The number of likely N-dealkylation sites (tertiary alicyclic amines) is 2. The Hall–Kier alpha value is -2.81. The first kappa shape index (κ1) is 22.9. The first-order valence-electron chi connectivity index (χ1n) is 9.99. The third kappa shape index (κ3) is 5.66. The largest absolute Gasteiger partial charge is 0.490 e. The van der Waals surface area contributed by atoms with Gasteiger partial charge in [0.25, 0.3) is 0 Å². The zero-order valence-electron chi connectivity index (χ0n) is 17.2. The molecule has 31 heavy (non-hydrogen) atoms. The first-order chi connectivity index (χ1) is 14.6. The van der Waals surface area contributed by atoms with Gasteiger partial charge in [0.1, 0.15) is 5.76 Å². The quantitative estimate of drug-likeness (QED) is 0.785. The van der Waals surface area contributed by atoms with Crippen molar-refractivity contribution in [3.8, 4) is 0 Å². The summed E-state index contributed by atoms with van der Waals surface area (Å²) in [6.45, 7) is 6.35. The molecular weight excluding hydrogens is 413 g/mol. The van der Waals surface area contributed by atoms with Crippen LogP contribution in [-0.2, 0) is 22.7 Å². The summed E-state index contributed by atoms with van der Waals surface area (Å²) in [6, 6.07) is 12.4. The molecule has 2 fully saturated rings. The van der Waals surface area contributed by atoms with E-state index in [1.165, 1.54) is 11.1 Å². The van der Waals surface area contributed by atoms with E-state index in [4.69, 9.17) is 14.3 Å². The lowest BCUT2D eigenvalue weighted by Gasteiger charge is -2.23. The van der Waals surface area contributed by atoms with Crippen molar-refractivity contribution in [1.29, 1.82) is 0 Å². The number of nitrogens with zero attached hydrogens (tertiary/aromatic N) is 2. The van der Waals surface area contributed by atoms with Crippen molar-refractivity contribution in [3.63, 3.8) is 0 Å². The fraction of sp³-hybridized carbons (Fsp3) is 0.455. The van der Waals surface area contributed by atoms with Gasteiger partial charge in [-0.3, -0.25) is 9.69 Å². The molecule has 9 heteroatoms. The van der Waals surface area contributed by atoms with Gasteiger partial charge in [0.15, 0.2) is 0 Å². The molecule has 0 radical (unpaired) electrons. The highest BCUT2D eigenvalue weighted by atomic mass is 19.4. The molecule has 1 aromatic heterocycles. The summed E-state index contributed by atoms with van der Waals surface area (Å²) in [4.78, 5) is 26.3. The Morgan fingerprint density at radius 1 is 1.16 bits per heavy atom. The van der Waals surface area contributed by atoms with E-state index in [1.807, 2.05) is 17.0 Å². The van der Waals surface area contributed by atoms with E-state index in [2.05, 4.69) is 36.1 Å². The molecule has 1 aromatic carbocycles. The van der Waals surface area contributed by atoms with Gasteiger partial charge < -0.3 is 14.4 Å². The lowest BCUT2D eigenvalue weighted by molar-refractivity contribution is -0.192. The smallest absolute Gasteiger partial charge is 0.475 e. The average Bonchev–Trinajstić information content (AvgIpc) is 3.41. The number of carbonyl (C=O) groups excluding carboxylic acids is 1. The zero-order chi connectivity index (χ0) is 22.6. The van der Waals surface area contributed by atoms with Crippen LogP contribution in [0.3, 0.4) is 0 Å². The number of halogens is 3. The summed E-state index contributed by atoms with van der Waals surface area (Å²) in [7, 11) is 0. The second kappa shape index (κ2) is 9.13. The molecule has 1 unspecified atom stereocenters. The molecule has 2 aromatic rings. The summed E-state index contributed by atoms with van der Waals surface area (Å²) >= 11 is 0. The molecular formula is C22H25F3N2O4. The minimum atomic E-state index is -5.08. The van der Waals surface area contributed by atoms with Gasteiger partial charge in [-0.05, 0) is 44.0 Å². The summed E-state index contributed by atoms with van der Waals surface area (Å²) in [6.07, 6.45) is -1.42. The Labute approximate surface area is 178 Å². The number of hydrogen-bond acceptors (Lipinski definition) is 4. The van der Waals surface area contributed by atoms with Crippen LogP contribution < -0.4 is 0 Å². The highest BCUT2D eigenvalue weighted by molar-refractivity contribution is 5.85. The van der Waals surface area contributed by atoms with E-state index in [9.17, 15) is 18.0 Å². The van der Waals surface area contributed by atoms with Crippen LogP contribution in [0.5, 0.6) is 0 Å². The van der Waals surface area contributed by atoms with Gasteiger partial charge in [0.2, 0.25) is 5.91 Å².